The van der Waals surface area contributed by atoms with Crippen LogP contribution in [0.4, 0.5) is 0 Å². The summed E-state index contributed by atoms with van der Waals surface area (Å²) in [5.41, 5.74) is 0. The number of furan rings is 1. The Morgan fingerprint density at radius 1 is 1.27 bits per heavy atom. The lowest BCUT2D eigenvalue weighted by atomic mass is 10.4. The maximum absolute atomic E-state index is 5.58. The van der Waals surface area contributed by atoms with Crippen LogP contribution in [0.3, 0.4) is 0 Å². The lowest BCUT2D eigenvalue weighted by Gasteiger charge is -2.11. The minimum absolute atomic E-state index is 0.129. The molecular formula is C11H18O3S. The molecule has 0 atom stereocenters. The third-order valence-corrected chi connectivity index (χ3v) is 3.09. The van der Waals surface area contributed by atoms with Gasteiger partial charge in [0, 0.05) is 26.4 Å². The molecule has 0 aliphatic heterocycles. The van der Waals surface area contributed by atoms with E-state index in [9.17, 15) is 0 Å². The maximum Gasteiger partial charge on any atom is 0.165 e. The van der Waals surface area contributed by atoms with Crippen LogP contribution in [0.25, 0.3) is 0 Å². The number of thioether (sulfide) groups is 1. The van der Waals surface area contributed by atoms with Crippen molar-refractivity contribution in [1.29, 1.82) is 0 Å². The van der Waals surface area contributed by atoms with Crippen molar-refractivity contribution in [3.05, 3.63) is 23.7 Å². The van der Waals surface area contributed by atoms with Crippen LogP contribution in [0.15, 0.2) is 16.5 Å². The number of hydrogen-bond donors (Lipinski definition) is 0. The minimum Gasteiger partial charge on any atom is -0.465 e. The van der Waals surface area contributed by atoms with Gasteiger partial charge < -0.3 is 13.9 Å². The Morgan fingerprint density at radius 2 is 1.93 bits per heavy atom. The van der Waals surface area contributed by atoms with Gasteiger partial charge in [0.2, 0.25) is 0 Å². The molecule has 0 unspecified atom stereocenters. The Balaban J connectivity index is 2.25. The molecule has 0 saturated carbocycles. The second-order valence-corrected chi connectivity index (χ2v) is 4.17. The molecule has 0 bridgehead atoms. The highest BCUT2D eigenvalue weighted by molar-refractivity contribution is 7.98. The predicted octanol–water partition coefficient (Wildman–Crippen LogP) is 2.69. The first-order valence-corrected chi connectivity index (χ1v) is 6.16. The van der Waals surface area contributed by atoms with Gasteiger partial charge in [-0.05, 0) is 12.1 Å². The van der Waals surface area contributed by atoms with Crippen molar-refractivity contribution in [3.63, 3.8) is 0 Å². The van der Waals surface area contributed by atoms with Crippen molar-refractivity contribution in [3.8, 4) is 0 Å². The molecule has 0 aromatic carbocycles. The molecule has 15 heavy (non-hydrogen) atoms. The number of methoxy groups -OCH3 is 2. The smallest absolute Gasteiger partial charge is 0.165 e. The van der Waals surface area contributed by atoms with Crippen molar-refractivity contribution in [2.24, 2.45) is 0 Å². The van der Waals surface area contributed by atoms with Gasteiger partial charge in [-0.25, -0.2) is 0 Å². The van der Waals surface area contributed by atoms with Gasteiger partial charge in [0.15, 0.2) is 6.29 Å². The van der Waals surface area contributed by atoms with E-state index in [0.29, 0.717) is 0 Å². The average Bonchev–Trinajstić information content (AvgIpc) is 2.72. The molecule has 3 nitrogen and oxygen atoms in total. The summed E-state index contributed by atoms with van der Waals surface area (Å²) in [6.45, 7) is 2.08. The first kappa shape index (κ1) is 12.6. The number of rotatable bonds is 7. The van der Waals surface area contributed by atoms with E-state index in [0.717, 1.165) is 29.4 Å². The van der Waals surface area contributed by atoms with E-state index in [1.807, 2.05) is 12.1 Å². The minimum atomic E-state index is -0.129. The fraction of sp³-hybridized carbons (Fsp3) is 0.636. The molecule has 86 valence electrons. The van der Waals surface area contributed by atoms with E-state index in [-0.39, 0.29) is 6.29 Å². The van der Waals surface area contributed by atoms with E-state index in [1.54, 1.807) is 26.0 Å². The molecule has 4 heteroatoms. The van der Waals surface area contributed by atoms with Gasteiger partial charge in [-0.2, -0.15) is 0 Å². The van der Waals surface area contributed by atoms with Crippen molar-refractivity contribution in [2.75, 3.05) is 20.0 Å². The standard InChI is InChI=1S/C11H18O3S/c1-4-9-5-6-10(14-9)7-15-8-11(12-2)13-3/h5-6,11H,4,7-8H2,1-3H3. The molecule has 1 rings (SSSR count). The molecule has 1 aromatic heterocycles. The Labute approximate surface area is 95.1 Å². The zero-order valence-electron chi connectivity index (χ0n) is 9.49. The molecule has 0 aliphatic carbocycles. The summed E-state index contributed by atoms with van der Waals surface area (Å²) in [7, 11) is 3.30. The average molecular weight is 230 g/mol. The number of aryl methyl sites for hydroxylation is 1. The number of hydrogen-bond acceptors (Lipinski definition) is 4. The summed E-state index contributed by atoms with van der Waals surface area (Å²) >= 11 is 1.74. The Morgan fingerprint density at radius 3 is 2.47 bits per heavy atom. The predicted molar refractivity (Wildman–Crippen MR) is 62.1 cm³/mol. The third kappa shape index (κ3) is 4.28. The molecule has 0 fully saturated rings. The molecular weight excluding hydrogens is 212 g/mol. The molecule has 1 heterocycles. The van der Waals surface area contributed by atoms with Crippen LogP contribution in [-0.2, 0) is 21.6 Å². The van der Waals surface area contributed by atoms with Gasteiger partial charge >= 0.3 is 0 Å². The highest BCUT2D eigenvalue weighted by Gasteiger charge is 2.06. The lowest BCUT2D eigenvalue weighted by Crippen LogP contribution is -2.15. The SMILES string of the molecule is CCc1ccc(CSCC(OC)OC)o1. The summed E-state index contributed by atoms with van der Waals surface area (Å²) < 4.78 is 15.8. The first-order chi connectivity index (χ1) is 7.30. The zero-order valence-corrected chi connectivity index (χ0v) is 10.3. The van der Waals surface area contributed by atoms with Gasteiger partial charge in [-0.1, -0.05) is 6.92 Å². The highest BCUT2D eigenvalue weighted by Crippen LogP contribution is 2.17. The van der Waals surface area contributed by atoms with E-state index in [4.69, 9.17) is 13.9 Å². The summed E-state index contributed by atoms with van der Waals surface area (Å²) in [6, 6.07) is 4.06. The van der Waals surface area contributed by atoms with Gasteiger partial charge in [0.05, 0.1) is 5.75 Å². The van der Waals surface area contributed by atoms with Crippen LogP contribution < -0.4 is 0 Å². The van der Waals surface area contributed by atoms with Crippen LogP contribution in [-0.4, -0.2) is 26.3 Å². The fourth-order valence-corrected chi connectivity index (χ4v) is 2.12. The van der Waals surface area contributed by atoms with Crippen molar-refractivity contribution < 1.29 is 13.9 Å². The fourth-order valence-electron chi connectivity index (χ4n) is 1.18. The summed E-state index contributed by atoms with van der Waals surface area (Å²) in [5.74, 6) is 3.74. The molecule has 0 radical (unpaired) electrons. The van der Waals surface area contributed by atoms with Crippen molar-refractivity contribution in [2.45, 2.75) is 25.4 Å². The van der Waals surface area contributed by atoms with E-state index >= 15 is 0 Å². The van der Waals surface area contributed by atoms with Gasteiger partial charge in [-0.3, -0.25) is 0 Å². The Bertz CT molecular complexity index is 269. The molecule has 0 aliphatic rings. The zero-order chi connectivity index (χ0) is 11.1. The van der Waals surface area contributed by atoms with E-state index in [1.165, 1.54) is 0 Å². The number of ether oxygens (including phenoxy) is 2. The maximum atomic E-state index is 5.58. The van der Waals surface area contributed by atoms with Gasteiger partial charge in [-0.15, -0.1) is 11.8 Å². The second-order valence-electron chi connectivity index (χ2n) is 3.14. The summed E-state index contributed by atoms with van der Waals surface area (Å²) in [5, 5.41) is 0. The second kappa shape index (κ2) is 6.93. The summed E-state index contributed by atoms with van der Waals surface area (Å²) in [6.07, 6.45) is 0.819. The monoisotopic (exact) mass is 230 g/mol. The Kier molecular flexibility index (Phi) is 5.83. The van der Waals surface area contributed by atoms with Crippen LogP contribution >= 0.6 is 11.8 Å². The highest BCUT2D eigenvalue weighted by atomic mass is 32.2. The Hall–Kier alpha value is -0.450. The van der Waals surface area contributed by atoms with Crippen LogP contribution in [0, 0.1) is 0 Å². The van der Waals surface area contributed by atoms with Crippen LogP contribution in [0.2, 0.25) is 0 Å². The van der Waals surface area contributed by atoms with Crippen molar-refractivity contribution >= 4 is 11.8 Å². The lowest BCUT2D eigenvalue weighted by molar-refractivity contribution is -0.0842. The molecule has 1 aromatic rings. The first-order valence-electron chi connectivity index (χ1n) is 5.01. The topological polar surface area (TPSA) is 31.6 Å². The van der Waals surface area contributed by atoms with Gasteiger partial charge in [0.1, 0.15) is 11.5 Å². The normalized spacial score (nSPS) is 11.2. The largest absolute Gasteiger partial charge is 0.465 e. The summed E-state index contributed by atoms with van der Waals surface area (Å²) in [4.78, 5) is 0. The van der Waals surface area contributed by atoms with Gasteiger partial charge in [0.25, 0.3) is 0 Å². The molecule has 0 amide bonds. The van der Waals surface area contributed by atoms with E-state index in [2.05, 4.69) is 6.92 Å². The van der Waals surface area contributed by atoms with Crippen molar-refractivity contribution in [1.82, 2.24) is 0 Å². The molecule has 0 spiro atoms. The third-order valence-electron chi connectivity index (χ3n) is 2.09. The van der Waals surface area contributed by atoms with Crippen LogP contribution in [0.1, 0.15) is 18.4 Å². The molecule has 0 saturated heterocycles. The molecule has 0 N–H and O–H groups in total. The van der Waals surface area contributed by atoms with E-state index < -0.39 is 0 Å². The van der Waals surface area contributed by atoms with Crippen LogP contribution in [0.5, 0.6) is 0 Å². The quantitative estimate of drug-likeness (QED) is 0.674.